The van der Waals surface area contributed by atoms with Crippen molar-refractivity contribution < 1.29 is 14.4 Å². The smallest absolute Gasteiger partial charge is 0.254 e. The fourth-order valence-electron chi connectivity index (χ4n) is 2.76. The first kappa shape index (κ1) is 20.5. The van der Waals surface area contributed by atoms with Crippen molar-refractivity contribution in [2.24, 2.45) is 11.7 Å². The van der Waals surface area contributed by atoms with E-state index in [4.69, 9.17) is 17.3 Å². The molecule has 0 bridgehead atoms. The molecule has 0 atom stereocenters. The molecular weight excluding hydrogens is 398 g/mol. The van der Waals surface area contributed by atoms with Gasteiger partial charge in [0.15, 0.2) is 0 Å². The molecule has 1 saturated carbocycles. The quantitative estimate of drug-likeness (QED) is 0.612. The van der Waals surface area contributed by atoms with E-state index in [1.165, 1.54) is 10.6 Å². The number of hydrogen-bond acceptors (Lipinski definition) is 5. The summed E-state index contributed by atoms with van der Waals surface area (Å²) in [6, 6.07) is 6.21. The monoisotopic (exact) mass is 417 g/mol. The lowest BCUT2D eigenvalue weighted by atomic mass is 10.1. The van der Waals surface area contributed by atoms with Gasteiger partial charge in [0, 0.05) is 22.6 Å². The van der Waals surface area contributed by atoms with E-state index in [0.29, 0.717) is 27.8 Å². The summed E-state index contributed by atoms with van der Waals surface area (Å²) in [7, 11) is 0. The molecule has 0 spiro atoms. The van der Waals surface area contributed by atoms with Crippen LogP contribution >= 0.6 is 11.6 Å². The molecule has 2 aromatic rings. The van der Waals surface area contributed by atoms with Crippen LogP contribution in [0.15, 0.2) is 29.1 Å². The van der Waals surface area contributed by atoms with E-state index in [9.17, 15) is 19.2 Å². The van der Waals surface area contributed by atoms with Crippen LogP contribution in [0.3, 0.4) is 0 Å². The molecule has 1 fully saturated rings. The lowest BCUT2D eigenvalue weighted by Crippen LogP contribution is -2.38. The lowest BCUT2D eigenvalue weighted by molar-refractivity contribution is -0.125. The van der Waals surface area contributed by atoms with Gasteiger partial charge in [-0.2, -0.15) is 0 Å². The number of anilines is 1. The summed E-state index contributed by atoms with van der Waals surface area (Å²) in [6.07, 6.45) is 1.71. The Morgan fingerprint density at radius 1 is 1.28 bits per heavy atom. The minimum Gasteiger partial charge on any atom is -0.368 e. The van der Waals surface area contributed by atoms with Crippen molar-refractivity contribution in [3.8, 4) is 11.3 Å². The Labute approximate surface area is 171 Å². The highest BCUT2D eigenvalue weighted by atomic mass is 35.5. The number of amides is 3. The summed E-state index contributed by atoms with van der Waals surface area (Å²) in [4.78, 5) is 51.8. The molecule has 1 heterocycles. The SMILES string of the molecule is Cc1nc(-c2ccc(Cl)cc2NC(=O)C2CC2)cc(=O)n1CC(=O)NCC(N)=O. The molecule has 1 aromatic carbocycles. The maximum Gasteiger partial charge on any atom is 0.254 e. The Hall–Kier alpha value is -3.20. The van der Waals surface area contributed by atoms with E-state index in [1.54, 1.807) is 25.1 Å². The van der Waals surface area contributed by atoms with Crippen LogP contribution in [-0.4, -0.2) is 33.8 Å². The number of primary amides is 1. The molecule has 0 radical (unpaired) electrons. The number of carbonyl (C=O) groups is 3. The highest BCUT2D eigenvalue weighted by Gasteiger charge is 2.30. The summed E-state index contributed by atoms with van der Waals surface area (Å²) in [5.74, 6) is -1.00. The molecule has 0 saturated heterocycles. The molecule has 9 nitrogen and oxygen atoms in total. The van der Waals surface area contributed by atoms with Gasteiger partial charge < -0.3 is 16.4 Å². The van der Waals surface area contributed by atoms with Crippen LogP contribution in [0.5, 0.6) is 0 Å². The molecule has 4 N–H and O–H groups in total. The minimum atomic E-state index is -0.681. The summed E-state index contributed by atoms with van der Waals surface area (Å²) >= 11 is 6.07. The molecule has 152 valence electrons. The number of benzene rings is 1. The fourth-order valence-corrected chi connectivity index (χ4v) is 2.93. The van der Waals surface area contributed by atoms with Crippen LogP contribution in [-0.2, 0) is 20.9 Å². The zero-order valence-electron chi connectivity index (χ0n) is 15.7. The van der Waals surface area contributed by atoms with Crippen molar-refractivity contribution in [2.75, 3.05) is 11.9 Å². The standard InChI is InChI=1S/C19H20ClN5O4/c1-10-23-15(7-18(28)25(10)9-17(27)22-8-16(21)26)13-5-4-12(20)6-14(13)24-19(29)11-2-3-11/h4-7,11H,2-3,8-9H2,1H3,(H2,21,26)(H,22,27)(H,24,29). The topological polar surface area (TPSA) is 136 Å². The van der Waals surface area contributed by atoms with Crippen molar-refractivity contribution in [1.29, 1.82) is 0 Å². The second-order valence-electron chi connectivity index (χ2n) is 6.81. The van der Waals surface area contributed by atoms with Gasteiger partial charge in [0.2, 0.25) is 17.7 Å². The van der Waals surface area contributed by atoms with Crippen LogP contribution in [0.1, 0.15) is 18.7 Å². The van der Waals surface area contributed by atoms with Crippen molar-refractivity contribution in [2.45, 2.75) is 26.3 Å². The highest BCUT2D eigenvalue weighted by Crippen LogP contribution is 2.33. The van der Waals surface area contributed by atoms with Gasteiger partial charge in [-0.05, 0) is 38.0 Å². The number of nitrogens with zero attached hydrogens (tertiary/aromatic N) is 2. The number of hydrogen-bond donors (Lipinski definition) is 3. The van der Waals surface area contributed by atoms with Gasteiger partial charge in [-0.25, -0.2) is 4.98 Å². The van der Waals surface area contributed by atoms with E-state index in [1.807, 2.05) is 0 Å². The van der Waals surface area contributed by atoms with Gasteiger partial charge in [0.1, 0.15) is 12.4 Å². The fraction of sp³-hybridized carbons (Fsp3) is 0.316. The highest BCUT2D eigenvalue weighted by molar-refractivity contribution is 6.31. The molecule has 10 heteroatoms. The number of aryl methyl sites for hydroxylation is 1. The summed E-state index contributed by atoms with van der Waals surface area (Å²) in [5, 5.41) is 5.61. The molecule has 1 aromatic heterocycles. The number of aromatic nitrogens is 2. The molecule has 0 aliphatic heterocycles. The Morgan fingerprint density at radius 3 is 2.62 bits per heavy atom. The molecule has 0 unspecified atom stereocenters. The normalized spacial score (nSPS) is 13.0. The Kier molecular flexibility index (Phi) is 5.97. The first-order valence-corrected chi connectivity index (χ1v) is 9.36. The second kappa shape index (κ2) is 8.44. The van der Waals surface area contributed by atoms with Crippen LogP contribution in [0, 0.1) is 12.8 Å². The predicted octanol–water partition coefficient (Wildman–Crippen LogP) is 0.822. The third kappa shape index (κ3) is 5.20. The van der Waals surface area contributed by atoms with Crippen LogP contribution in [0.4, 0.5) is 5.69 Å². The first-order chi connectivity index (χ1) is 13.7. The van der Waals surface area contributed by atoms with Crippen molar-refractivity contribution in [3.63, 3.8) is 0 Å². The average molecular weight is 418 g/mol. The number of rotatable bonds is 7. The van der Waals surface area contributed by atoms with Gasteiger partial charge in [-0.1, -0.05) is 11.6 Å². The van der Waals surface area contributed by atoms with Gasteiger partial charge in [-0.3, -0.25) is 23.7 Å². The second-order valence-corrected chi connectivity index (χ2v) is 7.25. The third-order valence-corrected chi connectivity index (χ3v) is 4.66. The van der Waals surface area contributed by atoms with E-state index in [2.05, 4.69) is 15.6 Å². The minimum absolute atomic E-state index is 0.00319. The summed E-state index contributed by atoms with van der Waals surface area (Å²) in [6.45, 7) is 0.981. The molecule has 3 rings (SSSR count). The average Bonchev–Trinajstić information content (AvgIpc) is 3.48. The largest absolute Gasteiger partial charge is 0.368 e. The number of nitrogens with two attached hydrogens (primary N) is 1. The molecule has 3 amide bonds. The van der Waals surface area contributed by atoms with Gasteiger partial charge in [-0.15, -0.1) is 0 Å². The maximum absolute atomic E-state index is 12.6. The molecule has 1 aliphatic rings. The van der Waals surface area contributed by atoms with Crippen molar-refractivity contribution in [3.05, 3.63) is 45.5 Å². The Bertz CT molecular complexity index is 1050. The first-order valence-electron chi connectivity index (χ1n) is 8.99. The maximum atomic E-state index is 12.6. The summed E-state index contributed by atoms with van der Waals surface area (Å²) < 4.78 is 1.18. The predicted molar refractivity (Wildman–Crippen MR) is 107 cm³/mol. The molecular formula is C19H20ClN5O4. The lowest BCUT2D eigenvalue weighted by Gasteiger charge is -2.14. The van der Waals surface area contributed by atoms with E-state index in [-0.39, 0.29) is 24.9 Å². The van der Waals surface area contributed by atoms with Gasteiger partial charge >= 0.3 is 0 Å². The molecule has 29 heavy (non-hydrogen) atoms. The number of nitrogens with one attached hydrogen (secondary N) is 2. The third-order valence-electron chi connectivity index (χ3n) is 4.42. The van der Waals surface area contributed by atoms with Crippen molar-refractivity contribution in [1.82, 2.24) is 14.9 Å². The van der Waals surface area contributed by atoms with Crippen LogP contribution < -0.4 is 21.9 Å². The van der Waals surface area contributed by atoms with Crippen molar-refractivity contribution >= 4 is 35.0 Å². The van der Waals surface area contributed by atoms with Crippen LogP contribution in [0.2, 0.25) is 5.02 Å². The number of carbonyl (C=O) groups excluding carboxylic acids is 3. The molecule has 1 aliphatic carbocycles. The van der Waals surface area contributed by atoms with Gasteiger partial charge in [0.05, 0.1) is 17.9 Å². The van der Waals surface area contributed by atoms with Crippen LogP contribution in [0.25, 0.3) is 11.3 Å². The zero-order valence-corrected chi connectivity index (χ0v) is 16.5. The van der Waals surface area contributed by atoms with E-state index >= 15 is 0 Å². The Balaban J connectivity index is 1.88. The summed E-state index contributed by atoms with van der Waals surface area (Å²) in [5.41, 5.74) is 5.91. The zero-order chi connectivity index (χ0) is 21.1. The number of halogens is 1. The Morgan fingerprint density at radius 2 is 2.00 bits per heavy atom. The van der Waals surface area contributed by atoms with E-state index in [0.717, 1.165) is 12.8 Å². The van der Waals surface area contributed by atoms with E-state index < -0.39 is 17.4 Å². The van der Waals surface area contributed by atoms with Gasteiger partial charge in [0.25, 0.3) is 5.56 Å².